The molecule has 1 aromatic rings. The Morgan fingerprint density at radius 1 is 1.39 bits per heavy atom. The number of hydrogen-bond acceptors (Lipinski definition) is 4. The van der Waals surface area contributed by atoms with E-state index in [1.54, 1.807) is 19.9 Å². The molecule has 1 heterocycles. The molecule has 23 heavy (non-hydrogen) atoms. The molecule has 0 spiro atoms. The molecule has 3 atom stereocenters. The molecule has 3 unspecified atom stereocenters. The fraction of sp³-hybridized carbons (Fsp3) is 0.562. The van der Waals surface area contributed by atoms with Gasteiger partial charge in [-0.25, -0.2) is 0 Å². The fourth-order valence-electron chi connectivity index (χ4n) is 3.01. The molecule has 1 aliphatic carbocycles. The van der Waals surface area contributed by atoms with Gasteiger partial charge in [0.15, 0.2) is 5.76 Å². The van der Waals surface area contributed by atoms with Crippen molar-refractivity contribution >= 4 is 17.8 Å². The number of furan rings is 1. The number of amides is 2. The second-order valence-corrected chi connectivity index (χ2v) is 6.22. The number of nitrogens with one attached hydrogen (secondary N) is 2. The molecule has 0 saturated heterocycles. The Bertz CT molecular complexity index is 583. The maximum absolute atomic E-state index is 12.3. The quantitative estimate of drug-likeness (QED) is 0.762. The fourth-order valence-corrected chi connectivity index (χ4v) is 3.01. The number of rotatable bonds is 5. The van der Waals surface area contributed by atoms with Crippen LogP contribution in [0.25, 0.3) is 0 Å². The third kappa shape index (κ3) is 3.91. The molecule has 0 aromatic carbocycles. The smallest absolute Gasteiger partial charge is 0.308 e. The van der Waals surface area contributed by atoms with Crippen molar-refractivity contribution in [2.45, 2.75) is 51.1 Å². The van der Waals surface area contributed by atoms with E-state index in [1.165, 1.54) is 12.3 Å². The summed E-state index contributed by atoms with van der Waals surface area (Å²) < 4.78 is 4.97. The van der Waals surface area contributed by atoms with Gasteiger partial charge in [0.2, 0.25) is 5.91 Å². The molecule has 7 heteroatoms. The molecular weight excluding hydrogens is 300 g/mol. The third-order valence-electron chi connectivity index (χ3n) is 4.40. The van der Waals surface area contributed by atoms with Crippen LogP contribution in [-0.4, -0.2) is 34.5 Å². The first kappa shape index (κ1) is 17.1. The van der Waals surface area contributed by atoms with E-state index in [9.17, 15) is 19.5 Å². The predicted molar refractivity (Wildman–Crippen MR) is 81.8 cm³/mol. The van der Waals surface area contributed by atoms with Gasteiger partial charge in [-0.3, -0.25) is 14.4 Å². The Hall–Kier alpha value is -2.31. The summed E-state index contributed by atoms with van der Waals surface area (Å²) in [5.74, 6) is -2.29. The summed E-state index contributed by atoms with van der Waals surface area (Å²) in [5, 5.41) is 14.7. The Labute approximate surface area is 134 Å². The van der Waals surface area contributed by atoms with Crippen molar-refractivity contribution in [3.63, 3.8) is 0 Å². The zero-order chi connectivity index (χ0) is 17.0. The molecule has 2 amide bonds. The van der Waals surface area contributed by atoms with E-state index in [0.29, 0.717) is 12.8 Å². The molecule has 1 fully saturated rings. The standard InChI is InChI=1S/C16H22N2O5/c1-10(17-14(20)12-7-5-9-23-12)13(19)18-16(2)8-4-3-6-11(16)15(21)22/h5,7,9-11H,3-4,6,8H2,1-2H3,(H,17,20)(H,18,19)(H,21,22). The van der Waals surface area contributed by atoms with Gasteiger partial charge in [-0.15, -0.1) is 0 Å². The van der Waals surface area contributed by atoms with Crippen molar-refractivity contribution in [1.82, 2.24) is 10.6 Å². The number of aliphatic carboxylic acids is 1. The highest BCUT2D eigenvalue weighted by atomic mass is 16.4. The third-order valence-corrected chi connectivity index (χ3v) is 4.40. The van der Waals surface area contributed by atoms with Crippen LogP contribution in [0.4, 0.5) is 0 Å². The van der Waals surface area contributed by atoms with Crippen molar-refractivity contribution in [3.05, 3.63) is 24.2 Å². The van der Waals surface area contributed by atoms with Gasteiger partial charge >= 0.3 is 5.97 Å². The first-order valence-corrected chi connectivity index (χ1v) is 7.72. The van der Waals surface area contributed by atoms with Gasteiger partial charge in [-0.2, -0.15) is 0 Å². The molecule has 1 aliphatic rings. The van der Waals surface area contributed by atoms with E-state index in [1.807, 2.05) is 0 Å². The zero-order valence-electron chi connectivity index (χ0n) is 13.3. The topological polar surface area (TPSA) is 109 Å². The summed E-state index contributed by atoms with van der Waals surface area (Å²) in [7, 11) is 0. The van der Waals surface area contributed by atoms with Crippen LogP contribution in [0.3, 0.4) is 0 Å². The summed E-state index contributed by atoms with van der Waals surface area (Å²) in [5.41, 5.74) is -0.801. The number of carboxylic acids is 1. The van der Waals surface area contributed by atoms with E-state index in [0.717, 1.165) is 12.8 Å². The van der Waals surface area contributed by atoms with E-state index < -0.39 is 35.3 Å². The highest BCUT2D eigenvalue weighted by Crippen LogP contribution is 2.33. The van der Waals surface area contributed by atoms with Gasteiger partial charge in [-0.1, -0.05) is 12.8 Å². The maximum Gasteiger partial charge on any atom is 0.308 e. The lowest BCUT2D eigenvalue weighted by Crippen LogP contribution is -2.59. The maximum atomic E-state index is 12.3. The van der Waals surface area contributed by atoms with E-state index in [4.69, 9.17) is 4.42 Å². The second kappa shape index (κ2) is 6.85. The van der Waals surface area contributed by atoms with Crippen molar-refractivity contribution in [3.8, 4) is 0 Å². The molecule has 2 rings (SSSR count). The van der Waals surface area contributed by atoms with E-state index >= 15 is 0 Å². The summed E-state index contributed by atoms with van der Waals surface area (Å²) in [6.07, 6.45) is 4.23. The van der Waals surface area contributed by atoms with Crippen LogP contribution in [0.5, 0.6) is 0 Å². The lowest BCUT2D eigenvalue weighted by atomic mass is 9.73. The van der Waals surface area contributed by atoms with Crippen LogP contribution in [0.1, 0.15) is 50.1 Å². The van der Waals surface area contributed by atoms with Crippen molar-refractivity contribution in [2.24, 2.45) is 5.92 Å². The molecule has 7 nitrogen and oxygen atoms in total. The van der Waals surface area contributed by atoms with Crippen molar-refractivity contribution in [1.29, 1.82) is 0 Å². The molecule has 0 bridgehead atoms. The number of carbonyl (C=O) groups is 3. The summed E-state index contributed by atoms with van der Waals surface area (Å²) in [4.78, 5) is 35.6. The minimum absolute atomic E-state index is 0.122. The average Bonchev–Trinajstić information content (AvgIpc) is 3.01. The predicted octanol–water partition coefficient (Wildman–Crippen LogP) is 1.55. The van der Waals surface area contributed by atoms with Crippen LogP contribution >= 0.6 is 0 Å². The minimum Gasteiger partial charge on any atom is -0.481 e. The van der Waals surface area contributed by atoms with Crippen LogP contribution in [0.15, 0.2) is 22.8 Å². The van der Waals surface area contributed by atoms with Crippen molar-refractivity contribution < 1.29 is 23.9 Å². The minimum atomic E-state index is -0.903. The molecule has 3 N–H and O–H groups in total. The molecule has 0 aliphatic heterocycles. The first-order chi connectivity index (χ1) is 10.8. The summed E-state index contributed by atoms with van der Waals surface area (Å²) in [6.45, 7) is 3.31. The van der Waals surface area contributed by atoms with Crippen LogP contribution in [0, 0.1) is 5.92 Å². The van der Waals surface area contributed by atoms with Gasteiger partial charge in [0, 0.05) is 0 Å². The highest BCUT2D eigenvalue weighted by Gasteiger charge is 2.42. The highest BCUT2D eigenvalue weighted by molar-refractivity contribution is 5.95. The molecular formula is C16H22N2O5. The molecule has 1 saturated carbocycles. The SMILES string of the molecule is CC(NC(=O)c1ccco1)C(=O)NC1(C)CCCCC1C(=O)O. The average molecular weight is 322 g/mol. The summed E-state index contributed by atoms with van der Waals surface area (Å²) in [6, 6.07) is 2.30. The monoisotopic (exact) mass is 322 g/mol. The van der Waals surface area contributed by atoms with E-state index in [-0.39, 0.29) is 5.76 Å². The largest absolute Gasteiger partial charge is 0.481 e. The molecule has 0 radical (unpaired) electrons. The van der Waals surface area contributed by atoms with Gasteiger partial charge in [0.25, 0.3) is 5.91 Å². The zero-order valence-corrected chi connectivity index (χ0v) is 13.3. The molecule has 1 aromatic heterocycles. The Balaban J connectivity index is 1.99. The lowest BCUT2D eigenvalue weighted by Gasteiger charge is -2.40. The van der Waals surface area contributed by atoms with Crippen LogP contribution < -0.4 is 10.6 Å². The first-order valence-electron chi connectivity index (χ1n) is 7.72. The van der Waals surface area contributed by atoms with Gasteiger partial charge < -0.3 is 20.2 Å². The van der Waals surface area contributed by atoms with Crippen LogP contribution in [-0.2, 0) is 9.59 Å². The number of carbonyl (C=O) groups excluding carboxylic acids is 2. The summed E-state index contributed by atoms with van der Waals surface area (Å²) >= 11 is 0. The Kier molecular flexibility index (Phi) is 5.08. The van der Waals surface area contributed by atoms with Gasteiger partial charge in [0.05, 0.1) is 17.7 Å². The van der Waals surface area contributed by atoms with Crippen molar-refractivity contribution in [2.75, 3.05) is 0 Å². The van der Waals surface area contributed by atoms with E-state index in [2.05, 4.69) is 10.6 Å². The van der Waals surface area contributed by atoms with Gasteiger partial charge in [-0.05, 0) is 38.8 Å². The second-order valence-electron chi connectivity index (χ2n) is 6.22. The Morgan fingerprint density at radius 3 is 2.74 bits per heavy atom. The molecule has 126 valence electrons. The number of carboxylic acid groups (broad SMARTS) is 1. The lowest BCUT2D eigenvalue weighted by molar-refractivity contribution is -0.146. The van der Waals surface area contributed by atoms with Gasteiger partial charge in [0.1, 0.15) is 6.04 Å². The normalized spacial score (nSPS) is 25.4. The number of hydrogen-bond donors (Lipinski definition) is 3. The van der Waals surface area contributed by atoms with Crippen LogP contribution in [0.2, 0.25) is 0 Å². The Morgan fingerprint density at radius 2 is 2.13 bits per heavy atom.